The Labute approximate surface area is 138 Å². The molecule has 1 saturated heterocycles. The summed E-state index contributed by atoms with van der Waals surface area (Å²) in [5.74, 6) is 0. The van der Waals surface area contributed by atoms with Crippen LogP contribution in [0.25, 0.3) is 0 Å². The van der Waals surface area contributed by atoms with Gasteiger partial charge in [0.15, 0.2) is 0 Å². The molecule has 0 saturated carbocycles. The van der Waals surface area contributed by atoms with Gasteiger partial charge >= 0.3 is 0 Å². The van der Waals surface area contributed by atoms with E-state index in [4.69, 9.17) is 28.9 Å². The molecule has 3 nitrogen and oxygen atoms in total. The van der Waals surface area contributed by atoms with Gasteiger partial charge in [0.1, 0.15) is 0 Å². The van der Waals surface area contributed by atoms with Crippen LogP contribution in [0.5, 0.6) is 0 Å². The number of benzene rings is 1. The average Bonchev–Trinajstić information content (AvgIpc) is 2.51. The van der Waals surface area contributed by atoms with Crippen LogP contribution in [0.2, 0.25) is 10.0 Å². The van der Waals surface area contributed by atoms with Crippen molar-refractivity contribution >= 4 is 23.2 Å². The van der Waals surface area contributed by atoms with Gasteiger partial charge in [0.25, 0.3) is 0 Å². The zero-order valence-corrected chi connectivity index (χ0v) is 14.4. The highest BCUT2D eigenvalue weighted by Crippen LogP contribution is 2.30. The van der Waals surface area contributed by atoms with E-state index in [1.165, 1.54) is 6.42 Å². The van der Waals surface area contributed by atoms with E-state index in [9.17, 15) is 0 Å². The van der Waals surface area contributed by atoms with Gasteiger partial charge in [0.05, 0.1) is 0 Å². The van der Waals surface area contributed by atoms with Gasteiger partial charge < -0.3 is 5.73 Å². The highest BCUT2D eigenvalue weighted by molar-refractivity contribution is 6.33. The summed E-state index contributed by atoms with van der Waals surface area (Å²) in [6.45, 7) is 9.32. The molecule has 0 radical (unpaired) electrons. The third kappa shape index (κ3) is 4.11. The number of hydrogen-bond acceptors (Lipinski definition) is 3. The van der Waals surface area contributed by atoms with Crippen molar-refractivity contribution in [1.82, 2.24) is 9.80 Å². The SMILES string of the molecule is CCC(C)N1CCN(C(CN)c2cc(Cl)ccc2Cl)CC1. The lowest BCUT2D eigenvalue weighted by molar-refractivity contribution is 0.0744. The van der Waals surface area contributed by atoms with Gasteiger partial charge in [-0.3, -0.25) is 9.80 Å². The molecule has 0 bridgehead atoms. The van der Waals surface area contributed by atoms with Crippen LogP contribution in [0, 0.1) is 0 Å². The maximum absolute atomic E-state index is 6.34. The number of halogens is 2. The predicted octanol–water partition coefficient (Wildman–Crippen LogP) is 3.41. The number of piperazine rings is 1. The molecule has 21 heavy (non-hydrogen) atoms. The van der Waals surface area contributed by atoms with E-state index in [1.807, 2.05) is 18.2 Å². The zero-order chi connectivity index (χ0) is 15.4. The molecule has 1 aromatic rings. The Morgan fingerprint density at radius 1 is 1.14 bits per heavy atom. The van der Waals surface area contributed by atoms with Gasteiger partial charge in [0, 0.05) is 54.9 Å². The van der Waals surface area contributed by atoms with Gasteiger partial charge in [0.2, 0.25) is 0 Å². The summed E-state index contributed by atoms with van der Waals surface area (Å²) in [4.78, 5) is 4.97. The molecule has 1 aliphatic heterocycles. The fraction of sp³-hybridized carbons (Fsp3) is 0.625. The van der Waals surface area contributed by atoms with Crippen molar-refractivity contribution < 1.29 is 0 Å². The van der Waals surface area contributed by atoms with Crippen molar-refractivity contribution in [2.24, 2.45) is 5.73 Å². The molecule has 0 spiro atoms. The third-order valence-corrected chi connectivity index (χ3v) is 5.12. The van der Waals surface area contributed by atoms with Crippen LogP contribution < -0.4 is 5.73 Å². The first-order valence-electron chi connectivity index (χ1n) is 7.70. The molecular weight excluding hydrogens is 305 g/mol. The fourth-order valence-electron chi connectivity index (χ4n) is 2.99. The summed E-state index contributed by atoms with van der Waals surface area (Å²) in [6.07, 6.45) is 1.19. The van der Waals surface area contributed by atoms with Crippen LogP contribution >= 0.6 is 23.2 Å². The molecule has 0 aliphatic carbocycles. The average molecular weight is 330 g/mol. The van der Waals surface area contributed by atoms with Gasteiger partial charge in [-0.2, -0.15) is 0 Å². The number of hydrogen-bond donors (Lipinski definition) is 1. The molecular formula is C16H25Cl2N3. The highest BCUT2D eigenvalue weighted by Gasteiger charge is 2.27. The Morgan fingerprint density at radius 3 is 2.33 bits per heavy atom. The monoisotopic (exact) mass is 329 g/mol. The lowest BCUT2D eigenvalue weighted by atomic mass is 10.0. The highest BCUT2D eigenvalue weighted by atomic mass is 35.5. The van der Waals surface area contributed by atoms with Crippen LogP contribution in [-0.2, 0) is 0 Å². The zero-order valence-electron chi connectivity index (χ0n) is 12.9. The smallest absolute Gasteiger partial charge is 0.0486 e. The normalized spacial score (nSPS) is 20.4. The maximum atomic E-state index is 6.34. The first-order chi connectivity index (χ1) is 10.1. The van der Waals surface area contributed by atoms with Gasteiger partial charge in [-0.1, -0.05) is 30.1 Å². The molecule has 2 unspecified atom stereocenters. The van der Waals surface area contributed by atoms with Gasteiger partial charge in [-0.25, -0.2) is 0 Å². The molecule has 5 heteroatoms. The summed E-state index contributed by atoms with van der Waals surface area (Å²) in [7, 11) is 0. The molecule has 1 heterocycles. The molecule has 0 amide bonds. The Hall–Kier alpha value is -0.320. The molecule has 2 N–H and O–H groups in total. The van der Waals surface area contributed by atoms with E-state index in [1.54, 1.807) is 0 Å². The molecule has 1 aliphatic rings. The van der Waals surface area contributed by atoms with Crippen molar-refractivity contribution in [3.8, 4) is 0 Å². The topological polar surface area (TPSA) is 32.5 Å². The fourth-order valence-corrected chi connectivity index (χ4v) is 3.41. The van der Waals surface area contributed by atoms with Crippen molar-refractivity contribution in [3.05, 3.63) is 33.8 Å². The van der Waals surface area contributed by atoms with E-state index in [-0.39, 0.29) is 6.04 Å². The third-order valence-electron chi connectivity index (χ3n) is 4.54. The Balaban J connectivity index is 2.08. The summed E-state index contributed by atoms with van der Waals surface area (Å²) >= 11 is 12.5. The molecule has 1 fully saturated rings. The summed E-state index contributed by atoms with van der Waals surface area (Å²) in [5, 5.41) is 1.46. The summed E-state index contributed by atoms with van der Waals surface area (Å²) < 4.78 is 0. The Kier molecular flexibility index (Phi) is 6.33. The van der Waals surface area contributed by atoms with Crippen LogP contribution in [-0.4, -0.2) is 48.6 Å². The molecule has 2 rings (SSSR count). The molecule has 2 atom stereocenters. The minimum absolute atomic E-state index is 0.148. The minimum atomic E-state index is 0.148. The first-order valence-corrected chi connectivity index (χ1v) is 8.45. The van der Waals surface area contributed by atoms with Gasteiger partial charge in [-0.15, -0.1) is 0 Å². The van der Waals surface area contributed by atoms with E-state index >= 15 is 0 Å². The lowest BCUT2D eigenvalue weighted by Gasteiger charge is -2.41. The Bertz CT molecular complexity index is 459. The summed E-state index contributed by atoms with van der Waals surface area (Å²) in [5.41, 5.74) is 7.06. The van der Waals surface area contributed by atoms with Crippen molar-refractivity contribution in [2.45, 2.75) is 32.4 Å². The second-order valence-corrected chi connectivity index (χ2v) is 6.59. The van der Waals surface area contributed by atoms with E-state index in [0.29, 0.717) is 17.6 Å². The molecule has 118 valence electrons. The maximum Gasteiger partial charge on any atom is 0.0486 e. The Morgan fingerprint density at radius 2 is 1.76 bits per heavy atom. The van der Waals surface area contributed by atoms with Crippen molar-refractivity contribution in [2.75, 3.05) is 32.7 Å². The minimum Gasteiger partial charge on any atom is -0.329 e. The number of rotatable bonds is 5. The van der Waals surface area contributed by atoms with Crippen molar-refractivity contribution in [3.63, 3.8) is 0 Å². The number of nitrogens with zero attached hydrogens (tertiary/aromatic N) is 2. The lowest BCUT2D eigenvalue weighted by Crippen LogP contribution is -2.51. The first kappa shape index (κ1) is 17.0. The molecule has 1 aromatic carbocycles. The predicted molar refractivity (Wildman–Crippen MR) is 91.2 cm³/mol. The van der Waals surface area contributed by atoms with Crippen LogP contribution in [0.3, 0.4) is 0 Å². The van der Waals surface area contributed by atoms with Crippen LogP contribution in [0.1, 0.15) is 31.9 Å². The largest absolute Gasteiger partial charge is 0.329 e. The number of nitrogens with two attached hydrogens (primary N) is 1. The van der Waals surface area contributed by atoms with E-state index in [2.05, 4.69) is 23.6 Å². The second-order valence-electron chi connectivity index (χ2n) is 5.75. The van der Waals surface area contributed by atoms with Gasteiger partial charge in [-0.05, 0) is 37.1 Å². The second kappa shape index (κ2) is 7.80. The van der Waals surface area contributed by atoms with E-state index in [0.717, 1.165) is 36.8 Å². The van der Waals surface area contributed by atoms with E-state index < -0.39 is 0 Å². The van der Waals surface area contributed by atoms with Crippen molar-refractivity contribution in [1.29, 1.82) is 0 Å². The summed E-state index contributed by atoms with van der Waals surface area (Å²) in [6, 6.07) is 6.43. The molecule has 0 aromatic heterocycles. The van der Waals surface area contributed by atoms with Crippen LogP contribution in [0.4, 0.5) is 0 Å². The van der Waals surface area contributed by atoms with Crippen LogP contribution in [0.15, 0.2) is 18.2 Å². The standard InChI is InChI=1S/C16H25Cl2N3/c1-3-12(2)20-6-8-21(9-7-20)16(11-19)14-10-13(17)4-5-15(14)18/h4-5,10,12,16H,3,6-9,11,19H2,1-2H3. The quantitative estimate of drug-likeness (QED) is 0.898.